The van der Waals surface area contributed by atoms with Crippen molar-refractivity contribution in [2.75, 3.05) is 19.0 Å². The number of nitrogens with one attached hydrogen (secondary N) is 1. The van der Waals surface area contributed by atoms with Gasteiger partial charge in [-0.05, 0) is 25.2 Å². The molecule has 0 aliphatic carbocycles. The lowest BCUT2D eigenvalue weighted by molar-refractivity contribution is 0.563. The molecule has 4 nitrogen and oxygen atoms in total. The summed E-state index contributed by atoms with van der Waals surface area (Å²) in [6.45, 7) is 1.57. The number of benzene rings is 1. The second kappa shape index (κ2) is 5.97. The van der Waals surface area contributed by atoms with Crippen LogP contribution in [0.25, 0.3) is 10.9 Å². The Morgan fingerprint density at radius 2 is 2.10 bits per heavy atom. The van der Waals surface area contributed by atoms with E-state index in [2.05, 4.69) is 41.5 Å². The molecule has 3 rings (SSSR count). The Bertz CT molecular complexity index is 722. The molecule has 21 heavy (non-hydrogen) atoms. The molecule has 4 heteroatoms. The maximum atomic E-state index is 5.15. The molecule has 0 saturated heterocycles. The van der Waals surface area contributed by atoms with Gasteiger partial charge in [-0.2, -0.15) is 0 Å². The van der Waals surface area contributed by atoms with Gasteiger partial charge in [0.2, 0.25) is 0 Å². The van der Waals surface area contributed by atoms with E-state index in [1.807, 2.05) is 19.2 Å². The third kappa shape index (κ3) is 2.90. The Hall–Kier alpha value is -2.33. The Morgan fingerprint density at radius 3 is 2.86 bits per heavy atom. The van der Waals surface area contributed by atoms with E-state index in [0.29, 0.717) is 0 Å². The Kier molecular flexibility index (Phi) is 3.88. The number of anilines is 1. The van der Waals surface area contributed by atoms with Crippen LogP contribution in [-0.2, 0) is 13.1 Å². The first-order valence-corrected chi connectivity index (χ1v) is 7.03. The van der Waals surface area contributed by atoms with Crippen LogP contribution in [0.5, 0.6) is 0 Å². The first-order chi connectivity index (χ1) is 10.3. The standard InChI is InChI=1S/C17H19N3O/c1-18-10-14-9-17(15-5-3-4-6-16(15)19-14)20(2)11-13-7-8-21-12-13/h3-9,12,18H,10-11H2,1-2H3. The maximum absolute atomic E-state index is 5.15. The fourth-order valence-corrected chi connectivity index (χ4v) is 2.54. The molecule has 0 amide bonds. The van der Waals surface area contributed by atoms with Gasteiger partial charge in [0.15, 0.2) is 0 Å². The number of aromatic nitrogens is 1. The van der Waals surface area contributed by atoms with E-state index in [1.165, 1.54) is 11.1 Å². The number of furan rings is 1. The third-order valence-electron chi connectivity index (χ3n) is 3.52. The Labute approximate surface area is 124 Å². The van der Waals surface area contributed by atoms with Gasteiger partial charge in [0.05, 0.1) is 23.7 Å². The Morgan fingerprint density at radius 1 is 1.24 bits per heavy atom. The third-order valence-corrected chi connectivity index (χ3v) is 3.52. The molecule has 0 fully saturated rings. The molecule has 0 atom stereocenters. The van der Waals surface area contributed by atoms with Gasteiger partial charge in [-0.3, -0.25) is 4.98 Å². The van der Waals surface area contributed by atoms with Crippen molar-refractivity contribution < 1.29 is 4.42 Å². The minimum absolute atomic E-state index is 0.761. The smallest absolute Gasteiger partial charge is 0.0952 e. The van der Waals surface area contributed by atoms with Gasteiger partial charge in [0.25, 0.3) is 0 Å². The number of hydrogen-bond acceptors (Lipinski definition) is 4. The molecule has 0 saturated carbocycles. The minimum Gasteiger partial charge on any atom is -0.472 e. The zero-order valence-corrected chi connectivity index (χ0v) is 12.3. The van der Waals surface area contributed by atoms with Crippen molar-refractivity contribution in [3.63, 3.8) is 0 Å². The van der Waals surface area contributed by atoms with Crippen LogP contribution in [0.2, 0.25) is 0 Å². The summed E-state index contributed by atoms with van der Waals surface area (Å²) in [5.41, 5.74) is 4.42. The molecule has 3 aromatic rings. The zero-order chi connectivity index (χ0) is 14.7. The average Bonchev–Trinajstić information content (AvgIpc) is 2.99. The lowest BCUT2D eigenvalue weighted by Gasteiger charge is -2.21. The van der Waals surface area contributed by atoms with Gasteiger partial charge in [0.1, 0.15) is 0 Å². The van der Waals surface area contributed by atoms with Crippen LogP contribution < -0.4 is 10.2 Å². The lowest BCUT2D eigenvalue weighted by atomic mass is 10.1. The highest BCUT2D eigenvalue weighted by molar-refractivity contribution is 5.91. The molecule has 0 unspecified atom stereocenters. The van der Waals surface area contributed by atoms with E-state index in [-0.39, 0.29) is 0 Å². The summed E-state index contributed by atoms with van der Waals surface area (Å²) in [5.74, 6) is 0. The first kappa shape index (κ1) is 13.6. The second-order valence-corrected chi connectivity index (χ2v) is 5.17. The van der Waals surface area contributed by atoms with Crippen LogP contribution in [0.3, 0.4) is 0 Å². The van der Waals surface area contributed by atoms with E-state index in [1.54, 1.807) is 12.5 Å². The van der Waals surface area contributed by atoms with Crippen LogP contribution in [0.4, 0.5) is 5.69 Å². The van der Waals surface area contributed by atoms with E-state index in [4.69, 9.17) is 9.40 Å². The van der Waals surface area contributed by atoms with Crippen molar-refractivity contribution >= 4 is 16.6 Å². The summed E-state index contributed by atoms with van der Waals surface area (Å²) in [7, 11) is 4.03. The fraction of sp³-hybridized carbons (Fsp3) is 0.235. The summed E-state index contributed by atoms with van der Waals surface area (Å²) in [5, 5.41) is 4.33. The predicted molar refractivity (Wildman–Crippen MR) is 85.3 cm³/mol. The molecular weight excluding hydrogens is 262 g/mol. The average molecular weight is 281 g/mol. The number of nitrogens with zero attached hydrogens (tertiary/aromatic N) is 2. The summed E-state index contributed by atoms with van der Waals surface area (Å²) in [6.07, 6.45) is 3.49. The number of para-hydroxylation sites is 1. The molecule has 2 heterocycles. The van der Waals surface area contributed by atoms with Crippen LogP contribution in [0.1, 0.15) is 11.3 Å². The topological polar surface area (TPSA) is 41.3 Å². The molecule has 1 aromatic carbocycles. The quantitative estimate of drug-likeness (QED) is 0.780. The molecule has 0 aliphatic rings. The highest BCUT2D eigenvalue weighted by Crippen LogP contribution is 2.27. The molecular formula is C17H19N3O. The summed E-state index contributed by atoms with van der Waals surface area (Å²) < 4.78 is 5.15. The highest BCUT2D eigenvalue weighted by Gasteiger charge is 2.10. The summed E-state index contributed by atoms with van der Waals surface area (Å²) in [6, 6.07) is 12.4. The van der Waals surface area contributed by atoms with Gasteiger partial charge in [0, 0.05) is 36.8 Å². The molecule has 108 valence electrons. The normalized spacial score (nSPS) is 11.0. The Balaban J connectivity index is 2.02. The van der Waals surface area contributed by atoms with Gasteiger partial charge in [-0.1, -0.05) is 18.2 Å². The largest absolute Gasteiger partial charge is 0.472 e. The predicted octanol–water partition coefficient (Wildman–Crippen LogP) is 3.18. The molecule has 0 spiro atoms. The SMILES string of the molecule is CNCc1cc(N(C)Cc2ccoc2)c2ccccc2n1. The maximum Gasteiger partial charge on any atom is 0.0952 e. The monoisotopic (exact) mass is 281 g/mol. The van der Waals surface area contributed by atoms with Crippen LogP contribution in [-0.4, -0.2) is 19.1 Å². The minimum atomic E-state index is 0.761. The molecule has 0 bridgehead atoms. The molecule has 0 aliphatic heterocycles. The number of hydrogen-bond donors (Lipinski definition) is 1. The van der Waals surface area contributed by atoms with Crippen molar-refractivity contribution in [1.29, 1.82) is 0 Å². The van der Waals surface area contributed by atoms with E-state index < -0.39 is 0 Å². The highest BCUT2D eigenvalue weighted by atomic mass is 16.3. The molecule has 2 aromatic heterocycles. The van der Waals surface area contributed by atoms with Crippen molar-refractivity contribution in [1.82, 2.24) is 10.3 Å². The number of fused-ring (bicyclic) bond motifs is 1. The fourth-order valence-electron chi connectivity index (χ4n) is 2.54. The second-order valence-electron chi connectivity index (χ2n) is 5.17. The van der Waals surface area contributed by atoms with Crippen molar-refractivity contribution in [2.24, 2.45) is 0 Å². The lowest BCUT2D eigenvalue weighted by Crippen LogP contribution is -2.17. The van der Waals surface area contributed by atoms with E-state index in [9.17, 15) is 0 Å². The number of pyridine rings is 1. The summed E-state index contributed by atoms with van der Waals surface area (Å²) >= 11 is 0. The van der Waals surface area contributed by atoms with Gasteiger partial charge < -0.3 is 14.6 Å². The van der Waals surface area contributed by atoms with E-state index >= 15 is 0 Å². The van der Waals surface area contributed by atoms with Crippen molar-refractivity contribution in [3.05, 3.63) is 60.2 Å². The molecule has 1 N–H and O–H groups in total. The number of rotatable bonds is 5. The van der Waals surface area contributed by atoms with Gasteiger partial charge in [-0.15, -0.1) is 0 Å². The van der Waals surface area contributed by atoms with Crippen LogP contribution in [0.15, 0.2) is 53.3 Å². The van der Waals surface area contributed by atoms with E-state index in [0.717, 1.165) is 29.9 Å². The molecule has 0 radical (unpaired) electrons. The van der Waals surface area contributed by atoms with Crippen LogP contribution >= 0.6 is 0 Å². The first-order valence-electron chi connectivity index (χ1n) is 7.03. The van der Waals surface area contributed by atoms with Crippen molar-refractivity contribution in [3.8, 4) is 0 Å². The zero-order valence-electron chi connectivity index (χ0n) is 12.3. The van der Waals surface area contributed by atoms with Crippen LogP contribution in [0, 0.1) is 0 Å². The van der Waals surface area contributed by atoms with Crippen molar-refractivity contribution in [2.45, 2.75) is 13.1 Å². The summed E-state index contributed by atoms with van der Waals surface area (Å²) in [4.78, 5) is 6.93. The van der Waals surface area contributed by atoms with Gasteiger partial charge in [-0.25, -0.2) is 0 Å². The van der Waals surface area contributed by atoms with Gasteiger partial charge >= 0.3 is 0 Å².